The molecule has 1 fully saturated rings. The molecule has 1 amide bonds. The Labute approximate surface area is 111 Å². The molecule has 0 saturated carbocycles. The Bertz CT molecular complexity index is 433. The van der Waals surface area contributed by atoms with Crippen LogP contribution in [0.2, 0.25) is 5.02 Å². The molecule has 3 nitrogen and oxygen atoms in total. The normalized spacial score (nSPS) is 18.9. The number of carbonyl (C=O) groups is 1. The lowest BCUT2D eigenvalue weighted by molar-refractivity contribution is 0.0952. The fraction of sp³-hybridized carbons (Fsp3) is 0.462. The van der Waals surface area contributed by atoms with E-state index in [4.69, 9.17) is 11.6 Å². The Kier molecular flexibility index (Phi) is 4.55. The van der Waals surface area contributed by atoms with E-state index in [1.54, 1.807) is 0 Å². The van der Waals surface area contributed by atoms with Gasteiger partial charge in [-0.05, 0) is 44.0 Å². The van der Waals surface area contributed by atoms with Crippen LogP contribution in [-0.4, -0.2) is 25.0 Å². The number of rotatable bonds is 4. The van der Waals surface area contributed by atoms with Crippen LogP contribution < -0.4 is 10.6 Å². The van der Waals surface area contributed by atoms with Crippen LogP contribution in [0.25, 0.3) is 0 Å². The molecule has 0 unspecified atom stereocenters. The standard InChI is InChI=1S/C13H16ClFN2O/c14-11-4-3-9(8-12(11)15)13(18)17-7-5-10-2-1-6-16-10/h3-4,8,10,16H,1-2,5-7H2,(H,17,18)/t10-/m1/s1. The monoisotopic (exact) mass is 270 g/mol. The third-order valence-corrected chi connectivity index (χ3v) is 3.43. The molecule has 1 aromatic rings. The minimum absolute atomic E-state index is 0.0294. The van der Waals surface area contributed by atoms with Gasteiger partial charge in [-0.25, -0.2) is 4.39 Å². The van der Waals surface area contributed by atoms with Crippen molar-refractivity contribution < 1.29 is 9.18 Å². The molecule has 5 heteroatoms. The van der Waals surface area contributed by atoms with Crippen molar-refractivity contribution in [2.24, 2.45) is 0 Å². The van der Waals surface area contributed by atoms with E-state index in [2.05, 4.69) is 10.6 Å². The molecule has 1 aliphatic heterocycles. The molecule has 0 aliphatic carbocycles. The van der Waals surface area contributed by atoms with Crippen LogP contribution in [0.1, 0.15) is 29.6 Å². The number of hydrogen-bond donors (Lipinski definition) is 2. The molecule has 0 bridgehead atoms. The zero-order valence-electron chi connectivity index (χ0n) is 10.0. The SMILES string of the molecule is O=C(NCC[C@H]1CCCN1)c1ccc(Cl)c(F)c1. The summed E-state index contributed by atoms with van der Waals surface area (Å²) < 4.78 is 13.2. The van der Waals surface area contributed by atoms with Crippen LogP contribution in [0.4, 0.5) is 4.39 Å². The van der Waals surface area contributed by atoms with E-state index in [1.165, 1.54) is 18.6 Å². The second kappa shape index (κ2) is 6.16. The maximum Gasteiger partial charge on any atom is 0.251 e. The predicted octanol–water partition coefficient (Wildman–Crippen LogP) is 2.35. The number of nitrogens with one attached hydrogen (secondary N) is 2. The smallest absolute Gasteiger partial charge is 0.251 e. The first-order valence-electron chi connectivity index (χ1n) is 6.13. The van der Waals surface area contributed by atoms with E-state index < -0.39 is 5.82 Å². The van der Waals surface area contributed by atoms with Gasteiger partial charge in [-0.15, -0.1) is 0 Å². The van der Waals surface area contributed by atoms with Crippen molar-refractivity contribution >= 4 is 17.5 Å². The summed E-state index contributed by atoms with van der Waals surface area (Å²) in [4.78, 5) is 11.7. The summed E-state index contributed by atoms with van der Waals surface area (Å²) in [5.74, 6) is -0.828. The van der Waals surface area contributed by atoms with Gasteiger partial charge in [-0.3, -0.25) is 4.79 Å². The Morgan fingerprint density at radius 1 is 1.56 bits per heavy atom. The first kappa shape index (κ1) is 13.3. The van der Waals surface area contributed by atoms with Gasteiger partial charge < -0.3 is 10.6 Å². The number of carbonyl (C=O) groups excluding carboxylic acids is 1. The van der Waals surface area contributed by atoms with E-state index in [-0.39, 0.29) is 10.9 Å². The molecule has 0 radical (unpaired) electrons. The molecule has 98 valence electrons. The van der Waals surface area contributed by atoms with Crippen molar-refractivity contribution in [1.82, 2.24) is 10.6 Å². The summed E-state index contributed by atoms with van der Waals surface area (Å²) in [6.45, 7) is 1.65. The highest BCUT2D eigenvalue weighted by Crippen LogP contribution is 2.15. The molecular formula is C13H16ClFN2O. The first-order valence-corrected chi connectivity index (χ1v) is 6.51. The van der Waals surface area contributed by atoms with Gasteiger partial charge in [-0.2, -0.15) is 0 Å². The van der Waals surface area contributed by atoms with Crippen LogP contribution in [-0.2, 0) is 0 Å². The van der Waals surface area contributed by atoms with Gasteiger partial charge in [0.15, 0.2) is 0 Å². The first-order chi connectivity index (χ1) is 8.66. The minimum atomic E-state index is -0.568. The van der Waals surface area contributed by atoms with Crippen LogP contribution in [0.3, 0.4) is 0 Å². The fourth-order valence-electron chi connectivity index (χ4n) is 2.10. The van der Waals surface area contributed by atoms with Crippen molar-refractivity contribution in [3.8, 4) is 0 Å². The maximum atomic E-state index is 13.2. The largest absolute Gasteiger partial charge is 0.352 e. The molecule has 2 rings (SSSR count). The summed E-state index contributed by atoms with van der Waals surface area (Å²) in [6.07, 6.45) is 3.26. The molecule has 18 heavy (non-hydrogen) atoms. The molecular weight excluding hydrogens is 255 g/mol. The predicted molar refractivity (Wildman–Crippen MR) is 69.4 cm³/mol. The van der Waals surface area contributed by atoms with Crippen LogP contribution in [0, 0.1) is 5.82 Å². The Balaban J connectivity index is 1.81. The summed E-state index contributed by atoms with van der Waals surface area (Å²) in [5, 5.41) is 6.17. The average molecular weight is 271 g/mol. The van der Waals surface area contributed by atoms with Gasteiger partial charge in [0, 0.05) is 18.2 Å². The zero-order chi connectivity index (χ0) is 13.0. The van der Waals surface area contributed by atoms with Crippen molar-refractivity contribution in [1.29, 1.82) is 0 Å². The summed E-state index contributed by atoms with van der Waals surface area (Å²) >= 11 is 5.56. The molecule has 1 aromatic carbocycles. The zero-order valence-corrected chi connectivity index (χ0v) is 10.8. The molecule has 1 aliphatic rings. The van der Waals surface area contributed by atoms with E-state index >= 15 is 0 Å². The van der Waals surface area contributed by atoms with Crippen molar-refractivity contribution in [3.63, 3.8) is 0 Å². The lowest BCUT2D eigenvalue weighted by Crippen LogP contribution is -2.30. The van der Waals surface area contributed by atoms with Gasteiger partial charge in [-0.1, -0.05) is 11.6 Å². The number of halogens is 2. The summed E-state index contributed by atoms with van der Waals surface area (Å²) in [7, 11) is 0. The van der Waals surface area contributed by atoms with Crippen molar-refractivity contribution in [2.75, 3.05) is 13.1 Å². The van der Waals surface area contributed by atoms with Crippen LogP contribution in [0.15, 0.2) is 18.2 Å². The van der Waals surface area contributed by atoms with E-state index in [9.17, 15) is 9.18 Å². The van der Waals surface area contributed by atoms with E-state index in [1.807, 2.05) is 0 Å². The molecule has 1 heterocycles. The molecule has 0 spiro atoms. The van der Waals surface area contributed by atoms with E-state index in [0.29, 0.717) is 18.2 Å². The topological polar surface area (TPSA) is 41.1 Å². The number of hydrogen-bond acceptors (Lipinski definition) is 2. The second-order valence-corrected chi connectivity index (χ2v) is 4.87. The summed E-state index contributed by atoms with van der Waals surface area (Å²) in [6, 6.07) is 4.57. The molecule has 1 atom stereocenters. The third kappa shape index (κ3) is 3.43. The Hall–Kier alpha value is -1.13. The van der Waals surface area contributed by atoms with Gasteiger partial charge in [0.1, 0.15) is 5.82 Å². The molecule has 0 aromatic heterocycles. The van der Waals surface area contributed by atoms with Crippen LogP contribution >= 0.6 is 11.6 Å². The highest BCUT2D eigenvalue weighted by atomic mass is 35.5. The Morgan fingerprint density at radius 2 is 2.39 bits per heavy atom. The highest BCUT2D eigenvalue weighted by Gasteiger charge is 2.14. The summed E-state index contributed by atoms with van der Waals surface area (Å²) in [5.41, 5.74) is 0.302. The lowest BCUT2D eigenvalue weighted by atomic mass is 10.1. The molecule has 2 N–H and O–H groups in total. The maximum absolute atomic E-state index is 13.2. The van der Waals surface area contributed by atoms with Gasteiger partial charge in [0.05, 0.1) is 5.02 Å². The van der Waals surface area contributed by atoms with E-state index in [0.717, 1.165) is 25.5 Å². The van der Waals surface area contributed by atoms with Crippen molar-refractivity contribution in [2.45, 2.75) is 25.3 Å². The fourth-order valence-corrected chi connectivity index (χ4v) is 2.22. The minimum Gasteiger partial charge on any atom is -0.352 e. The van der Waals surface area contributed by atoms with Crippen LogP contribution in [0.5, 0.6) is 0 Å². The Morgan fingerprint density at radius 3 is 3.06 bits per heavy atom. The van der Waals surface area contributed by atoms with Gasteiger partial charge in [0.25, 0.3) is 5.91 Å². The number of benzene rings is 1. The number of amides is 1. The third-order valence-electron chi connectivity index (χ3n) is 3.12. The highest BCUT2D eigenvalue weighted by molar-refractivity contribution is 6.30. The lowest BCUT2D eigenvalue weighted by Gasteiger charge is -2.10. The quantitative estimate of drug-likeness (QED) is 0.882. The average Bonchev–Trinajstić information content (AvgIpc) is 2.85. The van der Waals surface area contributed by atoms with Gasteiger partial charge in [0.2, 0.25) is 0 Å². The van der Waals surface area contributed by atoms with Crippen molar-refractivity contribution in [3.05, 3.63) is 34.6 Å². The van der Waals surface area contributed by atoms with Gasteiger partial charge >= 0.3 is 0 Å². The second-order valence-electron chi connectivity index (χ2n) is 4.47. The molecule has 1 saturated heterocycles.